The normalized spacial score (nSPS) is 22.0. The number of nitrogens with zero attached hydrogens (tertiary/aromatic N) is 2. The van der Waals surface area contributed by atoms with E-state index in [0.717, 1.165) is 17.9 Å². The maximum Gasteiger partial charge on any atom is 0.353 e. The lowest BCUT2D eigenvalue weighted by atomic mass is 10.2. The molecule has 1 fully saturated rings. The Hall–Kier alpha value is -2.68. The van der Waals surface area contributed by atoms with Gasteiger partial charge in [0.05, 0.1) is 24.7 Å². The van der Waals surface area contributed by atoms with Crippen molar-refractivity contribution in [2.45, 2.75) is 37.7 Å². The van der Waals surface area contributed by atoms with Crippen LogP contribution in [0.25, 0.3) is 11.1 Å². The van der Waals surface area contributed by atoms with E-state index in [1.54, 1.807) is 6.20 Å². The van der Waals surface area contributed by atoms with E-state index in [2.05, 4.69) is 4.98 Å². The van der Waals surface area contributed by atoms with Gasteiger partial charge in [-0.25, -0.2) is 4.79 Å². The molecule has 4 rings (SSSR count). The smallest absolute Gasteiger partial charge is 0.353 e. The molecule has 28 heavy (non-hydrogen) atoms. The number of para-hydroxylation sites is 1. The molecule has 0 spiro atoms. The zero-order valence-corrected chi connectivity index (χ0v) is 15.2. The molecule has 1 aliphatic rings. The van der Waals surface area contributed by atoms with Gasteiger partial charge in [0.15, 0.2) is 0 Å². The zero-order chi connectivity index (χ0) is 19.5. The summed E-state index contributed by atoms with van der Waals surface area (Å²) in [5.41, 5.74) is -0.242. The number of ether oxygens (including phenoxy) is 2. The molecule has 2 N–H and O–H groups in total. The van der Waals surface area contributed by atoms with Gasteiger partial charge >= 0.3 is 5.69 Å². The lowest BCUT2D eigenvalue weighted by molar-refractivity contribution is -0.0457. The van der Waals surface area contributed by atoms with Crippen molar-refractivity contribution in [3.63, 3.8) is 0 Å². The van der Waals surface area contributed by atoms with Crippen LogP contribution in [0, 0.1) is 0 Å². The van der Waals surface area contributed by atoms with Crippen LogP contribution in [0.15, 0.2) is 51.8 Å². The number of hydrogen-bond acceptors (Lipinski definition) is 7. The first-order chi connectivity index (χ1) is 13.6. The summed E-state index contributed by atoms with van der Waals surface area (Å²) in [6, 6.07) is 11.4. The molecule has 0 aliphatic carbocycles. The monoisotopic (exact) mass is 386 g/mol. The minimum Gasteiger partial charge on any atom is -0.494 e. The number of benzene rings is 1. The molecule has 0 amide bonds. The molecular formula is C20H22N2O6. The Balaban J connectivity index is 1.42. The first-order valence-corrected chi connectivity index (χ1v) is 9.28. The van der Waals surface area contributed by atoms with Crippen LogP contribution in [-0.4, -0.2) is 45.2 Å². The third kappa shape index (κ3) is 3.94. The van der Waals surface area contributed by atoms with E-state index in [9.17, 15) is 15.0 Å². The number of aliphatic hydroxyl groups excluding tert-OH is 2. The molecule has 3 aromatic rings. The van der Waals surface area contributed by atoms with Gasteiger partial charge in [-0.3, -0.25) is 4.57 Å². The molecule has 148 valence electrons. The molecule has 1 saturated heterocycles. The largest absolute Gasteiger partial charge is 0.494 e. The number of aromatic nitrogens is 2. The Bertz CT molecular complexity index is 983. The summed E-state index contributed by atoms with van der Waals surface area (Å²) >= 11 is 0. The van der Waals surface area contributed by atoms with E-state index >= 15 is 0 Å². The Kier molecular flexibility index (Phi) is 5.43. The van der Waals surface area contributed by atoms with E-state index in [4.69, 9.17) is 13.9 Å². The molecule has 0 radical (unpaired) electrons. The lowest BCUT2D eigenvalue weighted by Crippen LogP contribution is -2.27. The van der Waals surface area contributed by atoms with Gasteiger partial charge in [0.1, 0.15) is 23.8 Å². The van der Waals surface area contributed by atoms with Gasteiger partial charge in [-0.05, 0) is 24.6 Å². The van der Waals surface area contributed by atoms with Crippen molar-refractivity contribution >= 4 is 11.1 Å². The standard InChI is InChI=1S/C20H22N2O6/c23-12-17-16(24)10-18(28-17)22-11-13-9-15(27-19(13)21-20(22)25)7-4-8-26-14-5-2-1-3-6-14/h1-3,5-6,9,11,16-18,23-24H,4,7-8,10,12H2/t16-,17+,18+/m0/s1. The van der Waals surface area contributed by atoms with Gasteiger partial charge in [0.25, 0.3) is 0 Å². The van der Waals surface area contributed by atoms with Crippen molar-refractivity contribution in [3.05, 3.63) is 58.8 Å². The third-order valence-corrected chi connectivity index (χ3v) is 4.76. The van der Waals surface area contributed by atoms with E-state index in [1.165, 1.54) is 4.57 Å². The van der Waals surface area contributed by atoms with Crippen molar-refractivity contribution in [1.29, 1.82) is 0 Å². The highest BCUT2D eigenvalue weighted by Gasteiger charge is 2.35. The van der Waals surface area contributed by atoms with Crippen LogP contribution >= 0.6 is 0 Å². The fraction of sp³-hybridized carbons (Fsp3) is 0.400. The molecule has 0 saturated carbocycles. The van der Waals surface area contributed by atoms with Crippen molar-refractivity contribution in [2.24, 2.45) is 0 Å². The highest BCUT2D eigenvalue weighted by molar-refractivity contribution is 5.72. The average molecular weight is 386 g/mol. The maximum absolute atomic E-state index is 12.3. The van der Waals surface area contributed by atoms with Crippen LogP contribution in [0.5, 0.6) is 5.75 Å². The van der Waals surface area contributed by atoms with Crippen molar-refractivity contribution < 1.29 is 24.1 Å². The third-order valence-electron chi connectivity index (χ3n) is 4.76. The maximum atomic E-state index is 12.3. The van der Waals surface area contributed by atoms with Gasteiger partial charge in [-0.2, -0.15) is 4.98 Å². The quantitative estimate of drug-likeness (QED) is 0.595. The van der Waals surface area contributed by atoms with Crippen LogP contribution in [0.2, 0.25) is 0 Å². The lowest BCUT2D eigenvalue weighted by Gasteiger charge is -2.13. The van der Waals surface area contributed by atoms with Crippen LogP contribution < -0.4 is 10.4 Å². The highest BCUT2D eigenvalue weighted by atomic mass is 16.5. The molecule has 1 aromatic carbocycles. The Labute approximate surface area is 161 Å². The number of fused-ring (bicyclic) bond motifs is 1. The van der Waals surface area contributed by atoms with Crippen LogP contribution in [0.1, 0.15) is 24.8 Å². The second-order valence-electron chi connectivity index (χ2n) is 6.78. The van der Waals surface area contributed by atoms with E-state index in [0.29, 0.717) is 18.4 Å². The predicted octanol–water partition coefficient (Wildman–Crippen LogP) is 1.64. The summed E-state index contributed by atoms with van der Waals surface area (Å²) in [6.07, 6.45) is 1.08. The minimum absolute atomic E-state index is 0.222. The summed E-state index contributed by atoms with van der Waals surface area (Å²) in [4.78, 5) is 16.3. The molecule has 3 atom stereocenters. The number of rotatable bonds is 7. The van der Waals surface area contributed by atoms with Crippen molar-refractivity contribution in [2.75, 3.05) is 13.2 Å². The Morgan fingerprint density at radius 1 is 1.29 bits per heavy atom. The number of aliphatic hydroxyl groups is 2. The van der Waals surface area contributed by atoms with Gasteiger partial charge in [0.2, 0.25) is 5.71 Å². The minimum atomic E-state index is -0.817. The van der Waals surface area contributed by atoms with Crippen molar-refractivity contribution in [3.8, 4) is 5.75 Å². The molecule has 8 nitrogen and oxygen atoms in total. The molecule has 3 heterocycles. The van der Waals surface area contributed by atoms with E-state index in [-0.39, 0.29) is 18.7 Å². The average Bonchev–Trinajstić information content (AvgIpc) is 3.27. The van der Waals surface area contributed by atoms with Crippen LogP contribution in [0.4, 0.5) is 0 Å². The first-order valence-electron chi connectivity index (χ1n) is 9.28. The molecule has 2 aromatic heterocycles. The van der Waals surface area contributed by atoms with Crippen LogP contribution in [0.3, 0.4) is 0 Å². The molecule has 1 aliphatic heterocycles. The summed E-state index contributed by atoms with van der Waals surface area (Å²) in [6.45, 7) is 0.251. The Morgan fingerprint density at radius 2 is 2.11 bits per heavy atom. The highest BCUT2D eigenvalue weighted by Crippen LogP contribution is 2.28. The molecule has 8 heteroatoms. The number of furan rings is 1. The fourth-order valence-electron chi connectivity index (χ4n) is 3.31. The second-order valence-corrected chi connectivity index (χ2v) is 6.78. The molecular weight excluding hydrogens is 364 g/mol. The first kappa shape index (κ1) is 18.7. The van der Waals surface area contributed by atoms with Crippen LogP contribution in [-0.2, 0) is 11.2 Å². The van der Waals surface area contributed by atoms with Gasteiger partial charge in [-0.15, -0.1) is 0 Å². The summed E-state index contributed by atoms with van der Waals surface area (Å²) in [5.74, 6) is 1.54. The van der Waals surface area contributed by atoms with Gasteiger partial charge in [0, 0.05) is 19.0 Å². The van der Waals surface area contributed by atoms with Gasteiger partial charge < -0.3 is 24.1 Å². The zero-order valence-electron chi connectivity index (χ0n) is 15.2. The number of aryl methyl sites for hydroxylation is 1. The summed E-state index contributed by atoms with van der Waals surface area (Å²) < 4.78 is 18.2. The summed E-state index contributed by atoms with van der Waals surface area (Å²) in [5, 5.41) is 19.8. The second kappa shape index (κ2) is 8.14. The van der Waals surface area contributed by atoms with E-state index < -0.39 is 24.1 Å². The van der Waals surface area contributed by atoms with E-state index in [1.807, 2.05) is 36.4 Å². The number of hydrogen-bond donors (Lipinski definition) is 2. The van der Waals surface area contributed by atoms with Gasteiger partial charge in [-0.1, -0.05) is 18.2 Å². The SMILES string of the molecule is O=c1nc2oc(CCCOc3ccccc3)cc2cn1[C@H]1C[C@H](O)[C@@H](CO)O1. The molecule has 0 bridgehead atoms. The predicted molar refractivity (Wildman–Crippen MR) is 100 cm³/mol. The Morgan fingerprint density at radius 3 is 2.86 bits per heavy atom. The van der Waals surface area contributed by atoms with Crippen molar-refractivity contribution in [1.82, 2.24) is 9.55 Å². The summed E-state index contributed by atoms with van der Waals surface area (Å²) in [7, 11) is 0. The molecule has 0 unspecified atom stereocenters. The fourth-order valence-corrected chi connectivity index (χ4v) is 3.31. The topological polar surface area (TPSA) is 107 Å².